The molecule has 3 aromatic rings. The van der Waals surface area contributed by atoms with E-state index in [4.69, 9.17) is 0 Å². The molecule has 18 heavy (non-hydrogen) atoms. The highest BCUT2D eigenvalue weighted by molar-refractivity contribution is 5.84. The molecule has 1 heterocycles. The lowest BCUT2D eigenvalue weighted by Gasteiger charge is -1.93. The van der Waals surface area contributed by atoms with Gasteiger partial charge in [0.25, 0.3) is 0 Å². The van der Waals surface area contributed by atoms with Gasteiger partial charge in [-0.3, -0.25) is 4.57 Å². The van der Waals surface area contributed by atoms with Gasteiger partial charge in [-0.15, -0.1) is 0 Å². The van der Waals surface area contributed by atoms with Crippen LogP contribution in [0, 0.1) is 18.9 Å². The normalized spacial score (nSPS) is 10.1. The van der Waals surface area contributed by atoms with Crippen LogP contribution in [0.1, 0.15) is 11.1 Å². The first-order valence-electron chi connectivity index (χ1n) is 5.98. The first kappa shape index (κ1) is 10.7. The van der Waals surface area contributed by atoms with E-state index < -0.39 is 0 Å². The molecule has 0 saturated carbocycles. The molecule has 1 heteroatoms. The minimum Gasteiger partial charge on any atom is -0.276 e. The first-order valence-corrected chi connectivity index (χ1v) is 5.98. The Kier molecular flexibility index (Phi) is 2.63. The van der Waals surface area contributed by atoms with Gasteiger partial charge in [-0.1, -0.05) is 36.4 Å². The van der Waals surface area contributed by atoms with Gasteiger partial charge in [-0.2, -0.15) is 0 Å². The second-order valence-electron chi connectivity index (χ2n) is 4.30. The maximum Gasteiger partial charge on any atom is 0.0614 e. The summed E-state index contributed by atoms with van der Waals surface area (Å²) in [5.41, 5.74) is 3.46. The van der Waals surface area contributed by atoms with Crippen LogP contribution < -0.4 is 0 Å². The molecule has 0 spiro atoms. The lowest BCUT2D eigenvalue weighted by Crippen LogP contribution is -1.85. The predicted molar refractivity (Wildman–Crippen MR) is 75.4 cm³/mol. The van der Waals surface area contributed by atoms with Gasteiger partial charge >= 0.3 is 0 Å². The Hall–Kier alpha value is -2.46. The molecule has 0 radical (unpaired) electrons. The summed E-state index contributed by atoms with van der Waals surface area (Å²) in [6.45, 7) is 2.11. The van der Waals surface area contributed by atoms with Crippen LogP contribution in [0.5, 0.6) is 0 Å². The van der Waals surface area contributed by atoms with Gasteiger partial charge in [-0.25, -0.2) is 0 Å². The Labute approximate surface area is 107 Å². The van der Waals surface area contributed by atoms with Crippen molar-refractivity contribution in [3.8, 4) is 12.0 Å². The summed E-state index contributed by atoms with van der Waals surface area (Å²) >= 11 is 0. The van der Waals surface area contributed by atoms with Crippen molar-refractivity contribution in [2.24, 2.45) is 0 Å². The zero-order chi connectivity index (χ0) is 12.4. The van der Waals surface area contributed by atoms with Crippen LogP contribution in [0.15, 0.2) is 60.8 Å². The van der Waals surface area contributed by atoms with Crippen LogP contribution in [-0.4, -0.2) is 4.57 Å². The summed E-state index contributed by atoms with van der Waals surface area (Å²) in [6.07, 6.45) is 2.08. The highest BCUT2D eigenvalue weighted by Crippen LogP contribution is 2.19. The van der Waals surface area contributed by atoms with Crippen molar-refractivity contribution in [2.75, 3.05) is 0 Å². The van der Waals surface area contributed by atoms with E-state index in [0.29, 0.717) is 0 Å². The third-order valence-electron chi connectivity index (χ3n) is 3.01. The van der Waals surface area contributed by atoms with Crippen molar-refractivity contribution < 1.29 is 0 Å². The van der Waals surface area contributed by atoms with Gasteiger partial charge in [0.1, 0.15) is 0 Å². The molecular formula is C17H13N. The molecule has 2 aromatic carbocycles. The Morgan fingerprint density at radius 1 is 0.889 bits per heavy atom. The molecule has 1 aromatic heterocycles. The number of rotatable bonds is 0. The van der Waals surface area contributed by atoms with Crippen molar-refractivity contribution in [2.45, 2.75) is 6.92 Å². The Morgan fingerprint density at radius 2 is 1.61 bits per heavy atom. The molecule has 0 aliphatic rings. The van der Waals surface area contributed by atoms with Crippen LogP contribution in [0.4, 0.5) is 0 Å². The average molecular weight is 231 g/mol. The summed E-state index contributed by atoms with van der Waals surface area (Å²) in [6, 6.07) is 21.6. The van der Waals surface area contributed by atoms with E-state index in [2.05, 4.69) is 43.3 Å². The summed E-state index contributed by atoms with van der Waals surface area (Å²) in [7, 11) is 0. The number of para-hydroxylation sites is 1. The maximum absolute atomic E-state index is 3.19. The van der Waals surface area contributed by atoms with Crippen LogP contribution in [-0.2, 0) is 0 Å². The molecule has 1 nitrogen and oxygen atoms in total. The van der Waals surface area contributed by atoms with Crippen molar-refractivity contribution in [1.29, 1.82) is 0 Å². The molecule has 0 N–H and O–H groups in total. The van der Waals surface area contributed by atoms with Crippen LogP contribution in [0.25, 0.3) is 10.9 Å². The van der Waals surface area contributed by atoms with Crippen LogP contribution >= 0.6 is 0 Å². The molecular weight excluding hydrogens is 218 g/mol. The van der Waals surface area contributed by atoms with E-state index in [1.54, 1.807) is 0 Å². The first-order chi connectivity index (χ1) is 8.84. The van der Waals surface area contributed by atoms with E-state index >= 15 is 0 Å². The fourth-order valence-electron chi connectivity index (χ4n) is 2.09. The third-order valence-corrected chi connectivity index (χ3v) is 3.01. The van der Waals surface area contributed by atoms with E-state index in [1.807, 2.05) is 41.0 Å². The number of hydrogen-bond acceptors (Lipinski definition) is 0. The summed E-state index contributed by atoms with van der Waals surface area (Å²) in [4.78, 5) is 0. The largest absolute Gasteiger partial charge is 0.276 e. The van der Waals surface area contributed by atoms with Crippen LogP contribution in [0.3, 0.4) is 0 Å². The molecule has 0 aliphatic heterocycles. The average Bonchev–Trinajstić information content (AvgIpc) is 2.75. The standard InChI is InChI=1S/C17H13N/c1-14-13-18(17-10-6-5-9-16(14)17)12-11-15-7-3-2-4-8-15/h2-10,13H,1H3. The number of nitrogens with zero attached hydrogens (tertiary/aromatic N) is 1. The van der Waals surface area contributed by atoms with Crippen molar-refractivity contribution in [3.63, 3.8) is 0 Å². The Bertz CT molecular complexity index is 739. The lowest BCUT2D eigenvalue weighted by molar-refractivity contribution is 1.19. The van der Waals surface area contributed by atoms with E-state index in [9.17, 15) is 0 Å². The quantitative estimate of drug-likeness (QED) is 0.518. The molecule has 3 rings (SSSR count). The second-order valence-corrected chi connectivity index (χ2v) is 4.30. The summed E-state index contributed by atoms with van der Waals surface area (Å²) < 4.78 is 2.00. The van der Waals surface area contributed by atoms with E-state index in [0.717, 1.165) is 5.56 Å². The van der Waals surface area contributed by atoms with E-state index in [-0.39, 0.29) is 0 Å². The van der Waals surface area contributed by atoms with Gasteiger partial charge in [0.2, 0.25) is 0 Å². The number of fused-ring (bicyclic) bond motifs is 1. The molecule has 0 saturated heterocycles. The molecule has 0 unspecified atom stereocenters. The van der Waals surface area contributed by atoms with Crippen molar-refractivity contribution in [1.82, 2.24) is 4.57 Å². The lowest BCUT2D eigenvalue weighted by atomic mass is 10.2. The summed E-state index contributed by atoms with van der Waals surface area (Å²) in [5.74, 6) is 3.18. The fourth-order valence-corrected chi connectivity index (χ4v) is 2.09. The molecule has 0 fully saturated rings. The number of hydrogen-bond donors (Lipinski definition) is 0. The fraction of sp³-hybridized carbons (Fsp3) is 0.0588. The summed E-state index contributed by atoms with van der Waals surface area (Å²) in [5, 5.41) is 1.26. The van der Waals surface area contributed by atoms with Crippen molar-refractivity contribution in [3.05, 3.63) is 71.9 Å². The zero-order valence-corrected chi connectivity index (χ0v) is 10.2. The molecule has 0 atom stereocenters. The molecule has 86 valence electrons. The molecule has 0 bridgehead atoms. The van der Waals surface area contributed by atoms with Gasteiger partial charge in [0, 0.05) is 23.2 Å². The molecule has 0 amide bonds. The zero-order valence-electron chi connectivity index (χ0n) is 10.2. The minimum atomic E-state index is 1.04. The van der Waals surface area contributed by atoms with Gasteiger partial charge in [0.15, 0.2) is 0 Å². The predicted octanol–water partition coefficient (Wildman–Crippen LogP) is 3.81. The Morgan fingerprint density at radius 3 is 2.44 bits per heavy atom. The van der Waals surface area contributed by atoms with Gasteiger partial charge in [-0.05, 0) is 36.6 Å². The maximum atomic E-state index is 3.19. The second kappa shape index (κ2) is 4.43. The SMILES string of the molecule is Cc1cn(C#Cc2ccccc2)c2ccccc12. The minimum absolute atomic E-state index is 1.04. The molecule has 0 aliphatic carbocycles. The highest BCUT2D eigenvalue weighted by atomic mass is 14.9. The third kappa shape index (κ3) is 1.89. The van der Waals surface area contributed by atoms with Gasteiger partial charge in [0.05, 0.1) is 5.52 Å². The van der Waals surface area contributed by atoms with Gasteiger partial charge < -0.3 is 0 Å². The van der Waals surface area contributed by atoms with E-state index in [1.165, 1.54) is 16.5 Å². The monoisotopic (exact) mass is 231 g/mol. The number of benzene rings is 2. The number of aryl methyl sites for hydroxylation is 1. The Balaban J connectivity index is 2.09. The van der Waals surface area contributed by atoms with Crippen molar-refractivity contribution >= 4 is 10.9 Å². The van der Waals surface area contributed by atoms with Crippen LogP contribution in [0.2, 0.25) is 0 Å². The topological polar surface area (TPSA) is 4.93 Å². The number of aromatic nitrogens is 1. The highest BCUT2D eigenvalue weighted by Gasteiger charge is 2.01. The smallest absolute Gasteiger partial charge is 0.0614 e.